The predicted octanol–water partition coefficient (Wildman–Crippen LogP) is 10.4. The zero-order valence-corrected chi connectivity index (χ0v) is 34.5. The summed E-state index contributed by atoms with van der Waals surface area (Å²) in [5.41, 5.74) is 8.34. The van der Waals surface area contributed by atoms with Gasteiger partial charge in [0.05, 0.1) is 4.90 Å². The first kappa shape index (κ1) is 39.7. The van der Waals surface area contributed by atoms with E-state index in [1.807, 2.05) is 19.1 Å². The van der Waals surface area contributed by atoms with Crippen LogP contribution in [0.2, 0.25) is 33.2 Å². The molecule has 0 saturated heterocycles. The Bertz CT molecular complexity index is 1460. The molecule has 0 aromatic heterocycles. The second-order valence-electron chi connectivity index (χ2n) is 15.5. The van der Waals surface area contributed by atoms with Crippen molar-refractivity contribution in [2.75, 3.05) is 13.2 Å². The molecule has 1 heterocycles. The Labute approximate surface area is 290 Å². The smallest absolute Gasteiger partial charge is 0.243 e. The molecule has 5 nitrogen and oxygen atoms in total. The molecule has 0 aliphatic carbocycles. The van der Waals surface area contributed by atoms with E-state index in [0.29, 0.717) is 70.9 Å². The fraction of sp³-hybridized carbons (Fsp3) is 0.641. The zero-order valence-electron chi connectivity index (χ0n) is 31.7. The minimum absolute atomic E-state index is 0.327. The molecule has 8 heteroatoms. The highest BCUT2D eigenvalue weighted by atomic mass is 32.2. The summed E-state index contributed by atoms with van der Waals surface area (Å²) >= 11 is 0. The predicted molar refractivity (Wildman–Crippen MR) is 203 cm³/mol. The van der Waals surface area contributed by atoms with Crippen LogP contribution < -0.4 is 0 Å². The molecule has 0 spiro atoms. The van der Waals surface area contributed by atoms with Gasteiger partial charge in [-0.3, -0.25) is 0 Å². The van der Waals surface area contributed by atoms with E-state index in [-0.39, 0.29) is 0 Å². The second kappa shape index (κ2) is 16.3. The Balaban J connectivity index is 1.94. The van der Waals surface area contributed by atoms with Gasteiger partial charge in [-0.2, -0.15) is 4.31 Å². The van der Waals surface area contributed by atoms with E-state index in [0.717, 1.165) is 34.2 Å². The lowest BCUT2D eigenvalue weighted by Gasteiger charge is -2.42. The van der Waals surface area contributed by atoms with Crippen LogP contribution in [0, 0.1) is 18.8 Å². The molecule has 0 bridgehead atoms. The summed E-state index contributed by atoms with van der Waals surface area (Å²) in [5, 5.41) is 0. The highest BCUT2D eigenvalue weighted by Gasteiger charge is 2.46. The first-order valence-electron chi connectivity index (χ1n) is 17.9. The molecule has 1 aliphatic heterocycles. The van der Waals surface area contributed by atoms with Gasteiger partial charge in [0, 0.05) is 38.3 Å². The molecular weight excluding hydrogens is 635 g/mol. The largest absolute Gasteiger partial charge is 0.416 e. The molecule has 47 heavy (non-hydrogen) atoms. The lowest BCUT2D eigenvalue weighted by molar-refractivity contribution is 0.281. The molecule has 0 radical (unpaired) electrons. The van der Waals surface area contributed by atoms with Gasteiger partial charge < -0.3 is 8.85 Å². The molecule has 0 unspecified atom stereocenters. The van der Waals surface area contributed by atoms with Crippen molar-refractivity contribution in [2.24, 2.45) is 0 Å². The lowest BCUT2D eigenvalue weighted by Crippen LogP contribution is -2.48. The highest BCUT2D eigenvalue weighted by molar-refractivity contribution is 7.89. The molecule has 0 atom stereocenters. The summed E-state index contributed by atoms with van der Waals surface area (Å²) in [5.74, 6) is 7.00. The average Bonchev–Trinajstić information content (AvgIpc) is 3.42. The van der Waals surface area contributed by atoms with Gasteiger partial charge in [-0.15, -0.1) is 0 Å². The summed E-state index contributed by atoms with van der Waals surface area (Å²) < 4.78 is 42.8. The summed E-state index contributed by atoms with van der Waals surface area (Å²) in [7, 11) is -7.62. The van der Waals surface area contributed by atoms with Gasteiger partial charge in [0.25, 0.3) is 0 Å². The third kappa shape index (κ3) is 8.36. The second-order valence-corrected chi connectivity index (χ2v) is 28.3. The number of fused-ring (bicyclic) bond motifs is 1. The summed E-state index contributed by atoms with van der Waals surface area (Å²) in [6, 6.07) is 11.4. The van der Waals surface area contributed by atoms with Crippen LogP contribution in [0.1, 0.15) is 117 Å². The van der Waals surface area contributed by atoms with Crippen LogP contribution in [-0.2, 0) is 38.4 Å². The molecule has 0 saturated carbocycles. The van der Waals surface area contributed by atoms with Crippen molar-refractivity contribution in [3.05, 3.63) is 64.2 Å². The minimum atomic E-state index is -3.64. The van der Waals surface area contributed by atoms with E-state index >= 15 is 0 Å². The Kier molecular flexibility index (Phi) is 13.8. The number of nitrogens with zero attached hydrogens (tertiary/aromatic N) is 1. The van der Waals surface area contributed by atoms with Crippen molar-refractivity contribution >= 4 is 26.7 Å². The van der Waals surface area contributed by atoms with Crippen LogP contribution in [0.25, 0.3) is 0 Å². The molecule has 0 fully saturated rings. The highest BCUT2D eigenvalue weighted by Crippen LogP contribution is 2.43. The van der Waals surface area contributed by atoms with Gasteiger partial charge >= 0.3 is 0 Å². The fourth-order valence-electron chi connectivity index (χ4n) is 8.65. The number of aryl methyl sites for hydroxylation is 1. The first-order valence-corrected chi connectivity index (χ1v) is 23.6. The van der Waals surface area contributed by atoms with E-state index in [4.69, 9.17) is 8.85 Å². The number of hydrogen-bond acceptors (Lipinski definition) is 4. The zero-order chi connectivity index (χ0) is 35.3. The van der Waals surface area contributed by atoms with Crippen molar-refractivity contribution in [1.82, 2.24) is 4.31 Å². The van der Waals surface area contributed by atoms with Crippen LogP contribution in [0.4, 0.5) is 0 Å². The number of hydrogen-bond donors (Lipinski definition) is 0. The van der Waals surface area contributed by atoms with Gasteiger partial charge in [-0.25, -0.2) is 8.42 Å². The molecule has 3 rings (SSSR count). The maximum Gasteiger partial charge on any atom is 0.243 e. The Morgan fingerprint density at radius 2 is 1.19 bits per heavy atom. The molecule has 0 amide bonds. The van der Waals surface area contributed by atoms with Crippen molar-refractivity contribution in [3.8, 4) is 11.8 Å². The maximum absolute atomic E-state index is 13.7. The standard InChI is InChI=1S/C39H63NO4SSi2/c1-28(2)46(29(3)4,30(5)6)43-24-15-14-16-38-35(23-25-44-47(31(7)8,32(9)10)33(11)12)19-20-36-26-40(27-39(36)38)45(41,42)37-21-17-34(13)18-22-37/h17-22,28-33H,15,23-27H2,1-13H3. The maximum atomic E-state index is 13.7. The number of sulfonamides is 1. The van der Waals surface area contributed by atoms with Crippen LogP contribution in [0.15, 0.2) is 41.3 Å². The molecular formula is C39H63NO4SSi2. The fourth-order valence-corrected chi connectivity index (χ4v) is 20.9. The summed E-state index contributed by atoms with van der Waals surface area (Å²) in [6.45, 7) is 31.7. The monoisotopic (exact) mass is 697 g/mol. The molecule has 0 N–H and O–H groups in total. The van der Waals surface area contributed by atoms with E-state index in [9.17, 15) is 8.42 Å². The van der Waals surface area contributed by atoms with Gasteiger partial charge in [0.1, 0.15) is 0 Å². The van der Waals surface area contributed by atoms with Gasteiger partial charge in [0.2, 0.25) is 10.0 Å². The third-order valence-corrected chi connectivity index (χ3v) is 24.8. The number of benzene rings is 2. The Morgan fingerprint density at radius 3 is 1.68 bits per heavy atom. The topological polar surface area (TPSA) is 55.8 Å². The number of rotatable bonds is 15. The van der Waals surface area contributed by atoms with Gasteiger partial charge in [0.15, 0.2) is 16.6 Å². The first-order chi connectivity index (χ1) is 21.9. The quantitative estimate of drug-likeness (QED) is 0.106. The molecule has 2 aromatic rings. The summed E-state index contributed by atoms with van der Waals surface area (Å²) in [4.78, 5) is 0.333. The molecule has 2 aromatic carbocycles. The minimum Gasteiger partial charge on any atom is -0.416 e. The SMILES string of the molecule is Cc1ccc(S(=O)(=O)N2Cc3ccc(CCO[Si](C(C)C)(C(C)C)C(C)C)c(C#CCCO[Si](C(C)C)(C(C)C)C(C)C)c3C2)cc1. The molecule has 1 aliphatic rings. The Morgan fingerprint density at radius 1 is 0.702 bits per heavy atom. The van der Waals surface area contributed by atoms with Crippen molar-refractivity contribution in [3.63, 3.8) is 0 Å². The van der Waals surface area contributed by atoms with E-state index < -0.39 is 26.7 Å². The van der Waals surface area contributed by atoms with Crippen molar-refractivity contribution in [1.29, 1.82) is 0 Å². The lowest BCUT2D eigenvalue weighted by atomic mass is 9.96. The van der Waals surface area contributed by atoms with Gasteiger partial charge in [-0.05, 0) is 75.4 Å². The van der Waals surface area contributed by atoms with E-state index in [2.05, 4.69) is 107 Å². The normalized spacial score (nSPS) is 14.6. The van der Waals surface area contributed by atoms with Crippen LogP contribution >= 0.6 is 0 Å². The van der Waals surface area contributed by atoms with Crippen LogP contribution in [-0.4, -0.2) is 42.6 Å². The Hall–Kier alpha value is -1.74. The van der Waals surface area contributed by atoms with Crippen LogP contribution in [0.3, 0.4) is 0 Å². The van der Waals surface area contributed by atoms with Crippen molar-refractivity contribution < 1.29 is 17.3 Å². The average molecular weight is 698 g/mol. The summed E-state index contributed by atoms with van der Waals surface area (Å²) in [6.07, 6.45) is 1.40. The van der Waals surface area contributed by atoms with Crippen molar-refractivity contribution in [2.45, 2.75) is 154 Å². The van der Waals surface area contributed by atoms with Crippen LogP contribution in [0.5, 0.6) is 0 Å². The van der Waals surface area contributed by atoms with E-state index in [1.54, 1.807) is 16.4 Å². The molecule has 262 valence electrons. The van der Waals surface area contributed by atoms with E-state index in [1.165, 1.54) is 0 Å². The third-order valence-electron chi connectivity index (χ3n) is 10.8. The van der Waals surface area contributed by atoms with Gasteiger partial charge in [-0.1, -0.05) is 125 Å².